The molecule has 2 aromatic carbocycles. The molecular weight excluding hydrogens is 488 g/mol. The molecule has 0 radical (unpaired) electrons. The molecule has 4 aromatic rings. The van der Waals surface area contributed by atoms with Gasteiger partial charge < -0.3 is 9.72 Å². The quantitative estimate of drug-likeness (QED) is 0.309. The summed E-state index contributed by atoms with van der Waals surface area (Å²) in [5.74, 6) is 0.789. The Labute approximate surface area is 221 Å². The normalized spacial score (nSPS) is 16.6. The molecule has 5 rings (SSSR count). The van der Waals surface area contributed by atoms with Crippen LogP contribution in [0.1, 0.15) is 61.2 Å². The lowest BCUT2D eigenvalue weighted by Crippen LogP contribution is -2.33. The van der Waals surface area contributed by atoms with Gasteiger partial charge in [0.25, 0.3) is 5.56 Å². The second-order valence-corrected chi connectivity index (χ2v) is 10.2. The fourth-order valence-corrected chi connectivity index (χ4v) is 5.39. The van der Waals surface area contributed by atoms with Crippen molar-refractivity contribution in [2.75, 3.05) is 6.61 Å². The summed E-state index contributed by atoms with van der Waals surface area (Å²) in [6.45, 7) is 6.55. The predicted molar refractivity (Wildman–Crippen MR) is 144 cm³/mol. The number of nitrogens with zero attached hydrogens (tertiary/aromatic N) is 5. The van der Waals surface area contributed by atoms with Gasteiger partial charge in [-0.1, -0.05) is 61.3 Å². The summed E-state index contributed by atoms with van der Waals surface area (Å²) in [7, 11) is 0. The Hall–Kier alpha value is -3.07. The van der Waals surface area contributed by atoms with Crippen molar-refractivity contribution in [1.29, 1.82) is 0 Å². The number of pyridine rings is 1. The standard InChI is InChI=1S/C28H33ClN6O2/c1-3-8-25(27-31-32-33-35(27)18-23-12-7-14-37-23)34(16-21-10-4-5-13-24(21)29)17-22-15-20-11-6-9-19(2)26(20)30-28(22)36/h4-6,9-11,13,15,23,25H,3,7-8,12,14,16-18H2,1-2H3,(H,30,36)/t23-,25-/m0/s1. The first kappa shape index (κ1) is 25.6. The number of tetrazole rings is 1. The van der Waals surface area contributed by atoms with Crippen LogP contribution in [-0.4, -0.2) is 42.8 Å². The van der Waals surface area contributed by atoms with Crippen molar-refractivity contribution in [1.82, 2.24) is 30.1 Å². The van der Waals surface area contributed by atoms with Gasteiger partial charge in [0.05, 0.1) is 24.2 Å². The fourth-order valence-electron chi connectivity index (χ4n) is 5.20. The lowest BCUT2D eigenvalue weighted by Gasteiger charge is -2.31. The summed E-state index contributed by atoms with van der Waals surface area (Å²) in [5, 5.41) is 14.5. The molecule has 1 saturated heterocycles. The minimum Gasteiger partial charge on any atom is -0.376 e. The second kappa shape index (κ2) is 11.5. The molecule has 0 saturated carbocycles. The minimum atomic E-state index is -0.106. The topological polar surface area (TPSA) is 88.9 Å². The predicted octanol–water partition coefficient (Wildman–Crippen LogP) is 5.20. The van der Waals surface area contributed by atoms with Crippen LogP contribution >= 0.6 is 11.6 Å². The van der Waals surface area contributed by atoms with E-state index in [-0.39, 0.29) is 17.7 Å². The van der Waals surface area contributed by atoms with Crippen molar-refractivity contribution in [3.05, 3.63) is 86.4 Å². The lowest BCUT2D eigenvalue weighted by molar-refractivity contribution is 0.0885. The molecule has 3 heterocycles. The van der Waals surface area contributed by atoms with E-state index in [1.165, 1.54) is 0 Å². The van der Waals surface area contributed by atoms with E-state index < -0.39 is 0 Å². The molecule has 1 aliphatic rings. The third kappa shape index (κ3) is 5.76. The second-order valence-electron chi connectivity index (χ2n) is 9.82. The summed E-state index contributed by atoms with van der Waals surface area (Å²) in [5.41, 5.74) is 3.53. The van der Waals surface area contributed by atoms with E-state index in [1.54, 1.807) is 0 Å². The van der Waals surface area contributed by atoms with Gasteiger partial charge in [-0.2, -0.15) is 0 Å². The van der Waals surface area contributed by atoms with Crippen molar-refractivity contribution in [2.45, 2.75) is 71.3 Å². The Balaban J connectivity index is 1.54. The van der Waals surface area contributed by atoms with Gasteiger partial charge in [-0.3, -0.25) is 9.69 Å². The van der Waals surface area contributed by atoms with Gasteiger partial charge in [0.1, 0.15) is 0 Å². The van der Waals surface area contributed by atoms with Crippen molar-refractivity contribution in [3.8, 4) is 0 Å². The highest BCUT2D eigenvalue weighted by atomic mass is 35.5. The molecule has 2 atom stereocenters. The number of aromatic nitrogens is 5. The highest BCUT2D eigenvalue weighted by molar-refractivity contribution is 6.31. The summed E-state index contributed by atoms with van der Waals surface area (Å²) in [6.07, 6.45) is 3.95. The molecule has 1 aliphatic heterocycles. The van der Waals surface area contributed by atoms with Crippen molar-refractivity contribution in [2.24, 2.45) is 0 Å². The van der Waals surface area contributed by atoms with Gasteiger partial charge in [0, 0.05) is 30.3 Å². The van der Waals surface area contributed by atoms with Gasteiger partial charge in [0.2, 0.25) is 0 Å². The Morgan fingerprint density at radius 1 is 1.19 bits per heavy atom. The molecule has 37 heavy (non-hydrogen) atoms. The van der Waals surface area contributed by atoms with Crippen molar-refractivity contribution < 1.29 is 4.74 Å². The molecule has 2 aromatic heterocycles. The molecule has 194 valence electrons. The number of H-pyrrole nitrogens is 1. The average molecular weight is 521 g/mol. The zero-order valence-corrected chi connectivity index (χ0v) is 22.1. The number of aryl methyl sites for hydroxylation is 1. The fraction of sp³-hybridized carbons (Fsp3) is 0.429. The summed E-state index contributed by atoms with van der Waals surface area (Å²) in [6, 6.07) is 15.8. The van der Waals surface area contributed by atoms with E-state index in [0.29, 0.717) is 30.2 Å². The average Bonchev–Trinajstić information content (AvgIpc) is 3.57. The Kier molecular flexibility index (Phi) is 7.98. The molecule has 0 aliphatic carbocycles. The highest BCUT2D eigenvalue weighted by Gasteiger charge is 2.29. The van der Waals surface area contributed by atoms with Gasteiger partial charge >= 0.3 is 0 Å². The number of hydrogen-bond acceptors (Lipinski definition) is 6. The summed E-state index contributed by atoms with van der Waals surface area (Å²) >= 11 is 6.59. The number of halogens is 1. The van der Waals surface area contributed by atoms with Crippen LogP contribution in [-0.2, 0) is 24.4 Å². The molecule has 0 unspecified atom stereocenters. The SMILES string of the molecule is CCC[C@@H](c1nnnn1C[C@@H]1CCCO1)N(Cc1ccccc1Cl)Cc1cc2cccc(C)c2[nH]c1=O. The number of benzene rings is 2. The van der Waals surface area contributed by atoms with Crippen LogP contribution in [0, 0.1) is 6.92 Å². The number of rotatable bonds is 10. The highest BCUT2D eigenvalue weighted by Crippen LogP contribution is 2.30. The van der Waals surface area contributed by atoms with Gasteiger partial charge in [-0.05, 0) is 65.3 Å². The monoisotopic (exact) mass is 520 g/mol. The number of fused-ring (bicyclic) bond motifs is 1. The zero-order chi connectivity index (χ0) is 25.8. The molecule has 1 N–H and O–H groups in total. The minimum absolute atomic E-state index is 0.0832. The first-order valence-electron chi connectivity index (χ1n) is 13.0. The number of para-hydroxylation sites is 1. The molecule has 0 spiro atoms. The molecule has 0 amide bonds. The van der Waals surface area contributed by atoms with Crippen LogP contribution in [0.4, 0.5) is 0 Å². The largest absolute Gasteiger partial charge is 0.376 e. The molecular formula is C28H33ClN6O2. The van der Waals surface area contributed by atoms with Crippen LogP contribution in [0.5, 0.6) is 0 Å². The summed E-state index contributed by atoms with van der Waals surface area (Å²) < 4.78 is 7.74. The van der Waals surface area contributed by atoms with E-state index in [2.05, 4.69) is 32.3 Å². The molecule has 0 bridgehead atoms. The summed E-state index contributed by atoms with van der Waals surface area (Å²) in [4.78, 5) is 18.6. The smallest absolute Gasteiger partial charge is 0.252 e. The number of aromatic amines is 1. The van der Waals surface area contributed by atoms with E-state index in [9.17, 15) is 4.79 Å². The van der Waals surface area contributed by atoms with Crippen LogP contribution < -0.4 is 5.56 Å². The first-order chi connectivity index (χ1) is 18.0. The van der Waals surface area contributed by atoms with E-state index >= 15 is 0 Å². The third-order valence-electron chi connectivity index (χ3n) is 7.13. The van der Waals surface area contributed by atoms with E-state index in [0.717, 1.165) is 60.1 Å². The number of nitrogens with one attached hydrogen (secondary N) is 1. The van der Waals surface area contributed by atoms with Crippen LogP contribution in [0.15, 0.2) is 53.3 Å². The number of ether oxygens (including phenoxy) is 1. The van der Waals surface area contributed by atoms with Crippen LogP contribution in [0.2, 0.25) is 5.02 Å². The van der Waals surface area contributed by atoms with Crippen LogP contribution in [0.25, 0.3) is 10.9 Å². The maximum Gasteiger partial charge on any atom is 0.252 e. The van der Waals surface area contributed by atoms with Gasteiger partial charge in [-0.15, -0.1) is 5.10 Å². The maximum absolute atomic E-state index is 13.2. The van der Waals surface area contributed by atoms with Crippen LogP contribution in [0.3, 0.4) is 0 Å². The Morgan fingerprint density at radius 3 is 2.81 bits per heavy atom. The lowest BCUT2D eigenvalue weighted by atomic mass is 10.0. The van der Waals surface area contributed by atoms with Crippen molar-refractivity contribution >= 4 is 22.5 Å². The third-order valence-corrected chi connectivity index (χ3v) is 7.50. The molecule has 8 nitrogen and oxygen atoms in total. The van der Waals surface area contributed by atoms with Gasteiger partial charge in [-0.25, -0.2) is 4.68 Å². The van der Waals surface area contributed by atoms with Gasteiger partial charge in [0.15, 0.2) is 5.82 Å². The number of hydrogen-bond donors (Lipinski definition) is 1. The van der Waals surface area contributed by atoms with E-state index in [1.807, 2.05) is 60.1 Å². The van der Waals surface area contributed by atoms with Crippen molar-refractivity contribution in [3.63, 3.8) is 0 Å². The Bertz CT molecular complexity index is 1410. The Morgan fingerprint density at radius 2 is 2.03 bits per heavy atom. The molecule has 9 heteroatoms. The first-order valence-corrected chi connectivity index (χ1v) is 13.4. The zero-order valence-electron chi connectivity index (χ0n) is 21.4. The van der Waals surface area contributed by atoms with E-state index in [4.69, 9.17) is 16.3 Å². The maximum atomic E-state index is 13.2. The molecule has 1 fully saturated rings.